The van der Waals surface area contributed by atoms with E-state index in [1.165, 1.54) is 19.2 Å². The van der Waals surface area contributed by atoms with Crippen LogP contribution in [-0.4, -0.2) is 13.5 Å². The van der Waals surface area contributed by atoms with Crippen LogP contribution in [0.25, 0.3) is 0 Å². The molecule has 0 heterocycles. The fraction of sp³-hybridized carbons (Fsp3) is 0.455. The fourth-order valence-corrected chi connectivity index (χ4v) is 1.32. The second-order valence-corrected chi connectivity index (χ2v) is 3.61. The van der Waals surface area contributed by atoms with E-state index in [-0.39, 0.29) is 11.7 Å². The van der Waals surface area contributed by atoms with Gasteiger partial charge in [0.2, 0.25) is 0 Å². The van der Waals surface area contributed by atoms with Crippen molar-refractivity contribution in [3.63, 3.8) is 0 Å². The third-order valence-electron chi connectivity index (χ3n) is 2.06. The summed E-state index contributed by atoms with van der Waals surface area (Å²) in [5.74, 6) is 0.258. The van der Waals surface area contributed by atoms with E-state index in [1.54, 1.807) is 19.9 Å². The first kappa shape index (κ1) is 12.7. The third-order valence-corrected chi connectivity index (χ3v) is 2.06. The maximum absolute atomic E-state index is 12.1. The zero-order valence-electron chi connectivity index (χ0n) is 9.26. The van der Waals surface area contributed by atoms with Crippen LogP contribution in [0.3, 0.4) is 0 Å². The lowest BCUT2D eigenvalue weighted by molar-refractivity contribution is -0.274. The molecule has 2 nitrogen and oxygen atoms in total. The van der Waals surface area contributed by atoms with Gasteiger partial charge in [-0.3, -0.25) is 0 Å². The molecule has 1 rings (SSSR count). The molecular formula is C11H13F3O2. The molecule has 0 aromatic heterocycles. The fourth-order valence-electron chi connectivity index (χ4n) is 1.32. The zero-order chi connectivity index (χ0) is 12.3. The molecule has 0 spiro atoms. The van der Waals surface area contributed by atoms with Gasteiger partial charge >= 0.3 is 6.36 Å². The minimum atomic E-state index is -4.67. The van der Waals surface area contributed by atoms with Gasteiger partial charge in [0.1, 0.15) is 11.5 Å². The van der Waals surface area contributed by atoms with Crippen molar-refractivity contribution >= 4 is 0 Å². The van der Waals surface area contributed by atoms with Crippen molar-refractivity contribution in [2.45, 2.75) is 26.1 Å². The van der Waals surface area contributed by atoms with Gasteiger partial charge in [-0.15, -0.1) is 13.2 Å². The Morgan fingerprint density at radius 2 is 1.81 bits per heavy atom. The maximum Gasteiger partial charge on any atom is 0.573 e. The van der Waals surface area contributed by atoms with Crippen LogP contribution in [0.15, 0.2) is 18.2 Å². The van der Waals surface area contributed by atoms with Gasteiger partial charge in [0.25, 0.3) is 0 Å². The number of rotatable bonds is 3. The van der Waals surface area contributed by atoms with E-state index < -0.39 is 6.36 Å². The summed E-state index contributed by atoms with van der Waals surface area (Å²) < 4.78 is 45.2. The molecule has 16 heavy (non-hydrogen) atoms. The number of halogens is 3. The molecule has 0 saturated heterocycles. The lowest BCUT2D eigenvalue weighted by Crippen LogP contribution is -2.18. The van der Waals surface area contributed by atoms with Crippen LogP contribution >= 0.6 is 0 Å². The molecule has 0 amide bonds. The first-order valence-corrected chi connectivity index (χ1v) is 4.77. The normalized spacial score (nSPS) is 11.7. The van der Waals surface area contributed by atoms with Crippen molar-refractivity contribution in [1.82, 2.24) is 0 Å². The number of hydrogen-bond donors (Lipinski definition) is 0. The van der Waals surface area contributed by atoms with Gasteiger partial charge in [0.05, 0.1) is 7.11 Å². The Balaban J connectivity index is 3.08. The lowest BCUT2D eigenvalue weighted by atomic mass is 10.0. The van der Waals surface area contributed by atoms with Gasteiger partial charge in [-0.2, -0.15) is 0 Å². The van der Waals surface area contributed by atoms with Gasteiger partial charge in [-0.25, -0.2) is 0 Å². The van der Waals surface area contributed by atoms with E-state index in [0.29, 0.717) is 11.3 Å². The molecule has 0 N–H and O–H groups in total. The van der Waals surface area contributed by atoms with Crippen LogP contribution in [0.1, 0.15) is 25.3 Å². The first-order valence-electron chi connectivity index (χ1n) is 4.77. The second-order valence-electron chi connectivity index (χ2n) is 3.61. The summed E-state index contributed by atoms with van der Waals surface area (Å²) in [5.41, 5.74) is 0.469. The van der Waals surface area contributed by atoms with Gasteiger partial charge in [-0.1, -0.05) is 13.8 Å². The van der Waals surface area contributed by atoms with Gasteiger partial charge in [-0.05, 0) is 24.1 Å². The van der Waals surface area contributed by atoms with Crippen molar-refractivity contribution in [2.24, 2.45) is 0 Å². The monoisotopic (exact) mass is 234 g/mol. The molecule has 0 fully saturated rings. The first-order chi connectivity index (χ1) is 7.33. The Morgan fingerprint density at radius 3 is 2.25 bits per heavy atom. The quantitative estimate of drug-likeness (QED) is 0.793. The molecule has 0 saturated carbocycles. The number of alkyl halides is 3. The lowest BCUT2D eigenvalue weighted by Gasteiger charge is -2.16. The Labute approximate surface area is 92.0 Å². The smallest absolute Gasteiger partial charge is 0.497 e. The van der Waals surface area contributed by atoms with Crippen LogP contribution in [0.2, 0.25) is 0 Å². The standard InChI is InChI=1S/C11H13F3O2/c1-7(2)9-6-8(15-3)4-5-10(9)16-11(12,13)14/h4-7H,1-3H3. The number of benzene rings is 1. The maximum atomic E-state index is 12.1. The van der Waals surface area contributed by atoms with Crippen molar-refractivity contribution < 1.29 is 22.6 Å². The van der Waals surface area contributed by atoms with Crippen molar-refractivity contribution in [1.29, 1.82) is 0 Å². The summed E-state index contributed by atoms with van der Waals surface area (Å²) in [6, 6.07) is 4.25. The van der Waals surface area contributed by atoms with E-state index in [2.05, 4.69) is 4.74 Å². The average molecular weight is 234 g/mol. The molecule has 1 aromatic carbocycles. The molecule has 0 unspecified atom stereocenters. The number of methoxy groups -OCH3 is 1. The third kappa shape index (κ3) is 3.32. The summed E-state index contributed by atoms with van der Waals surface area (Å²) in [4.78, 5) is 0. The summed E-state index contributed by atoms with van der Waals surface area (Å²) in [6.07, 6.45) is -4.67. The molecule has 0 radical (unpaired) electrons. The van der Waals surface area contributed by atoms with Gasteiger partial charge in [0, 0.05) is 5.56 Å². The minimum absolute atomic E-state index is 0.0764. The van der Waals surface area contributed by atoms with Crippen molar-refractivity contribution in [3.8, 4) is 11.5 Å². The largest absolute Gasteiger partial charge is 0.573 e. The predicted molar refractivity (Wildman–Crippen MR) is 53.8 cm³/mol. The van der Waals surface area contributed by atoms with E-state index >= 15 is 0 Å². The highest BCUT2D eigenvalue weighted by Crippen LogP contribution is 2.33. The summed E-state index contributed by atoms with van der Waals surface area (Å²) in [5, 5.41) is 0. The van der Waals surface area contributed by atoms with Gasteiger partial charge < -0.3 is 9.47 Å². The molecule has 0 aliphatic carbocycles. The molecule has 0 aliphatic heterocycles. The molecule has 0 aliphatic rings. The summed E-state index contributed by atoms with van der Waals surface area (Å²) in [7, 11) is 1.46. The highest BCUT2D eigenvalue weighted by atomic mass is 19.4. The van der Waals surface area contributed by atoms with Crippen LogP contribution in [0, 0.1) is 0 Å². The highest BCUT2D eigenvalue weighted by molar-refractivity contribution is 5.42. The topological polar surface area (TPSA) is 18.5 Å². The van der Waals surface area contributed by atoms with Crippen LogP contribution in [0.5, 0.6) is 11.5 Å². The molecule has 0 atom stereocenters. The van der Waals surface area contributed by atoms with Gasteiger partial charge in [0.15, 0.2) is 0 Å². The van der Waals surface area contributed by atoms with Crippen LogP contribution in [-0.2, 0) is 0 Å². The SMILES string of the molecule is COc1ccc(OC(F)(F)F)c(C(C)C)c1. The average Bonchev–Trinajstić information content (AvgIpc) is 2.15. The molecule has 1 aromatic rings. The van der Waals surface area contributed by atoms with E-state index in [9.17, 15) is 13.2 Å². The van der Waals surface area contributed by atoms with Crippen molar-refractivity contribution in [2.75, 3.05) is 7.11 Å². The molecule has 0 bridgehead atoms. The van der Waals surface area contributed by atoms with E-state index in [0.717, 1.165) is 0 Å². The molecular weight excluding hydrogens is 221 g/mol. The van der Waals surface area contributed by atoms with E-state index in [4.69, 9.17) is 4.74 Å². The summed E-state index contributed by atoms with van der Waals surface area (Å²) >= 11 is 0. The molecule has 90 valence electrons. The Morgan fingerprint density at radius 1 is 1.19 bits per heavy atom. The number of ether oxygens (including phenoxy) is 2. The number of hydrogen-bond acceptors (Lipinski definition) is 2. The molecule has 5 heteroatoms. The van der Waals surface area contributed by atoms with Crippen LogP contribution in [0.4, 0.5) is 13.2 Å². The highest BCUT2D eigenvalue weighted by Gasteiger charge is 2.32. The zero-order valence-corrected chi connectivity index (χ0v) is 9.26. The Bertz CT molecular complexity index is 359. The second kappa shape index (κ2) is 4.63. The van der Waals surface area contributed by atoms with Crippen LogP contribution < -0.4 is 9.47 Å². The Hall–Kier alpha value is -1.39. The predicted octanol–water partition coefficient (Wildman–Crippen LogP) is 3.72. The minimum Gasteiger partial charge on any atom is -0.497 e. The van der Waals surface area contributed by atoms with E-state index in [1.807, 2.05) is 0 Å². The Kier molecular flexibility index (Phi) is 3.67. The van der Waals surface area contributed by atoms with Crippen molar-refractivity contribution in [3.05, 3.63) is 23.8 Å². The summed E-state index contributed by atoms with van der Waals surface area (Å²) in [6.45, 7) is 3.58.